The van der Waals surface area contributed by atoms with Crippen molar-refractivity contribution in [3.05, 3.63) is 29.3 Å². The van der Waals surface area contributed by atoms with Gasteiger partial charge in [-0.15, -0.1) is 0 Å². The third-order valence-electron chi connectivity index (χ3n) is 2.36. The molecule has 0 amide bonds. The van der Waals surface area contributed by atoms with Crippen molar-refractivity contribution in [2.75, 3.05) is 0 Å². The molecule has 3 heteroatoms. The Hall–Kier alpha value is -1.09. The Labute approximate surface area is 96.4 Å². The number of hydrogen-bond donors (Lipinski definition) is 1. The van der Waals surface area contributed by atoms with E-state index in [1.165, 1.54) is 0 Å². The minimum Gasteiger partial charge on any atom is -0.490 e. The number of aryl methyl sites for hydroxylation is 1. The van der Waals surface area contributed by atoms with E-state index in [9.17, 15) is 0 Å². The van der Waals surface area contributed by atoms with Crippen LogP contribution in [-0.2, 0) is 0 Å². The van der Waals surface area contributed by atoms with Gasteiger partial charge >= 0.3 is 0 Å². The van der Waals surface area contributed by atoms with E-state index in [0.29, 0.717) is 4.99 Å². The smallest absolute Gasteiger partial charge is 0.122 e. The molecule has 1 aromatic carbocycles. The van der Waals surface area contributed by atoms with Gasteiger partial charge in [0, 0.05) is 5.56 Å². The largest absolute Gasteiger partial charge is 0.490 e. The molecular formula is C12H17NOS. The summed E-state index contributed by atoms with van der Waals surface area (Å²) in [5, 5.41) is 0. The van der Waals surface area contributed by atoms with E-state index in [1.54, 1.807) is 0 Å². The third kappa shape index (κ3) is 3.20. The van der Waals surface area contributed by atoms with Crippen LogP contribution in [0.1, 0.15) is 31.4 Å². The van der Waals surface area contributed by atoms with E-state index >= 15 is 0 Å². The van der Waals surface area contributed by atoms with E-state index in [-0.39, 0.29) is 6.10 Å². The molecular weight excluding hydrogens is 206 g/mol. The van der Waals surface area contributed by atoms with Crippen LogP contribution in [0.4, 0.5) is 0 Å². The SMILES string of the molecule is CCC(C)Oc1ccc(C(N)=S)cc1C. The van der Waals surface area contributed by atoms with Crippen LogP contribution in [-0.4, -0.2) is 11.1 Å². The minimum absolute atomic E-state index is 0.236. The van der Waals surface area contributed by atoms with Gasteiger partial charge in [0.2, 0.25) is 0 Å². The summed E-state index contributed by atoms with van der Waals surface area (Å²) in [6, 6.07) is 5.78. The number of rotatable bonds is 4. The maximum Gasteiger partial charge on any atom is 0.122 e. The van der Waals surface area contributed by atoms with Crippen molar-refractivity contribution in [3.8, 4) is 5.75 Å². The Bertz CT molecular complexity index is 363. The summed E-state index contributed by atoms with van der Waals surface area (Å²) in [7, 11) is 0. The molecule has 0 aliphatic carbocycles. The van der Waals surface area contributed by atoms with Crippen molar-refractivity contribution >= 4 is 17.2 Å². The Kier molecular flexibility index (Phi) is 4.09. The molecule has 0 fully saturated rings. The van der Waals surface area contributed by atoms with E-state index in [4.69, 9.17) is 22.7 Å². The van der Waals surface area contributed by atoms with Gasteiger partial charge in [-0.05, 0) is 44.0 Å². The van der Waals surface area contributed by atoms with Gasteiger partial charge in [-0.3, -0.25) is 0 Å². The zero-order valence-corrected chi connectivity index (χ0v) is 10.2. The number of nitrogens with two attached hydrogens (primary N) is 1. The lowest BCUT2D eigenvalue weighted by molar-refractivity contribution is 0.216. The Morgan fingerprint density at radius 1 is 1.53 bits per heavy atom. The molecule has 82 valence electrons. The summed E-state index contributed by atoms with van der Waals surface area (Å²) in [5.74, 6) is 0.907. The molecule has 0 aromatic heterocycles. The summed E-state index contributed by atoms with van der Waals surface area (Å²) in [4.78, 5) is 0.424. The molecule has 0 heterocycles. The standard InChI is InChI=1S/C12H17NOS/c1-4-9(3)14-11-6-5-10(12(13)15)7-8(11)2/h5-7,9H,4H2,1-3H3,(H2,13,15). The van der Waals surface area contributed by atoms with Crippen LogP contribution in [0.3, 0.4) is 0 Å². The van der Waals surface area contributed by atoms with Gasteiger partial charge in [0.25, 0.3) is 0 Å². The van der Waals surface area contributed by atoms with Crippen LogP contribution < -0.4 is 10.5 Å². The average Bonchev–Trinajstić information content (AvgIpc) is 2.20. The number of hydrogen-bond acceptors (Lipinski definition) is 2. The maximum atomic E-state index is 5.74. The zero-order valence-electron chi connectivity index (χ0n) is 9.41. The van der Waals surface area contributed by atoms with Crippen molar-refractivity contribution in [3.63, 3.8) is 0 Å². The predicted molar refractivity (Wildman–Crippen MR) is 67.4 cm³/mol. The van der Waals surface area contributed by atoms with E-state index in [0.717, 1.165) is 23.3 Å². The fourth-order valence-corrected chi connectivity index (χ4v) is 1.36. The highest BCUT2D eigenvalue weighted by Gasteiger charge is 2.05. The van der Waals surface area contributed by atoms with E-state index in [1.807, 2.05) is 25.1 Å². The molecule has 0 aliphatic rings. The van der Waals surface area contributed by atoms with Crippen molar-refractivity contribution in [2.45, 2.75) is 33.3 Å². The Balaban J connectivity index is 2.88. The molecule has 1 aromatic rings. The summed E-state index contributed by atoms with van der Waals surface area (Å²) < 4.78 is 5.74. The summed E-state index contributed by atoms with van der Waals surface area (Å²) in [6.07, 6.45) is 1.23. The molecule has 1 atom stereocenters. The average molecular weight is 223 g/mol. The van der Waals surface area contributed by atoms with Gasteiger partial charge < -0.3 is 10.5 Å². The second kappa shape index (κ2) is 5.12. The highest BCUT2D eigenvalue weighted by molar-refractivity contribution is 7.80. The second-order valence-electron chi connectivity index (χ2n) is 3.68. The van der Waals surface area contributed by atoms with Crippen LogP contribution in [0, 0.1) is 6.92 Å². The number of benzene rings is 1. The molecule has 1 rings (SSSR count). The molecule has 0 aliphatic heterocycles. The molecule has 0 spiro atoms. The summed E-state index contributed by atoms with van der Waals surface area (Å²) >= 11 is 4.91. The normalized spacial score (nSPS) is 12.2. The van der Waals surface area contributed by atoms with Gasteiger partial charge in [0.15, 0.2) is 0 Å². The highest BCUT2D eigenvalue weighted by Crippen LogP contribution is 2.20. The fraction of sp³-hybridized carbons (Fsp3) is 0.417. The quantitative estimate of drug-likeness (QED) is 0.797. The lowest BCUT2D eigenvalue weighted by atomic mass is 10.1. The zero-order chi connectivity index (χ0) is 11.4. The fourth-order valence-electron chi connectivity index (χ4n) is 1.23. The summed E-state index contributed by atoms with van der Waals surface area (Å²) in [5.41, 5.74) is 7.51. The molecule has 15 heavy (non-hydrogen) atoms. The monoisotopic (exact) mass is 223 g/mol. The lowest BCUT2D eigenvalue weighted by Crippen LogP contribution is -2.12. The van der Waals surface area contributed by atoms with Crippen LogP contribution in [0.25, 0.3) is 0 Å². The first-order valence-corrected chi connectivity index (χ1v) is 5.52. The first kappa shape index (κ1) is 12.0. The molecule has 2 N–H and O–H groups in total. The topological polar surface area (TPSA) is 35.2 Å². The molecule has 2 nitrogen and oxygen atoms in total. The van der Waals surface area contributed by atoms with Crippen molar-refractivity contribution in [1.82, 2.24) is 0 Å². The first-order valence-electron chi connectivity index (χ1n) is 5.11. The molecule has 0 saturated carbocycles. The third-order valence-corrected chi connectivity index (χ3v) is 2.60. The van der Waals surface area contributed by atoms with Crippen molar-refractivity contribution in [1.29, 1.82) is 0 Å². The van der Waals surface area contributed by atoms with E-state index in [2.05, 4.69) is 13.8 Å². The van der Waals surface area contributed by atoms with Crippen LogP contribution in [0.2, 0.25) is 0 Å². The van der Waals surface area contributed by atoms with Gasteiger partial charge in [-0.2, -0.15) is 0 Å². The molecule has 0 bridgehead atoms. The van der Waals surface area contributed by atoms with Crippen LogP contribution in [0.5, 0.6) is 5.75 Å². The number of thiocarbonyl (C=S) groups is 1. The first-order chi connectivity index (χ1) is 7.04. The molecule has 0 radical (unpaired) electrons. The van der Waals surface area contributed by atoms with Gasteiger partial charge in [-0.1, -0.05) is 19.1 Å². The molecule has 0 saturated heterocycles. The Morgan fingerprint density at radius 3 is 2.67 bits per heavy atom. The van der Waals surface area contributed by atoms with Gasteiger partial charge in [0.05, 0.1) is 6.10 Å². The van der Waals surface area contributed by atoms with Gasteiger partial charge in [0.1, 0.15) is 10.7 Å². The number of ether oxygens (including phenoxy) is 1. The van der Waals surface area contributed by atoms with Gasteiger partial charge in [-0.25, -0.2) is 0 Å². The Morgan fingerprint density at radius 2 is 2.20 bits per heavy atom. The lowest BCUT2D eigenvalue weighted by Gasteiger charge is -2.15. The van der Waals surface area contributed by atoms with Crippen molar-refractivity contribution in [2.24, 2.45) is 5.73 Å². The second-order valence-corrected chi connectivity index (χ2v) is 4.12. The maximum absolute atomic E-state index is 5.74. The summed E-state index contributed by atoms with van der Waals surface area (Å²) in [6.45, 7) is 6.16. The predicted octanol–water partition coefficient (Wildman–Crippen LogP) is 2.81. The van der Waals surface area contributed by atoms with Crippen LogP contribution in [0.15, 0.2) is 18.2 Å². The van der Waals surface area contributed by atoms with Crippen molar-refractivity contribution < 1.29 is 4.74 Å². The molecule has 1 unspecified atom stereocenters. The van der Waals surface area contributed by atoms with E-state index < -0.39 is 0 Å². The van der Waals surface area contributed by atoms with Crippen LogP contribution >= 0.6 is 12.2 Å². The minimum atomic E-state index is 0.236. The highest BCUT2D eigenvalue weighted by atomic mass is 32.1.